The Labute approximate surface area is 240 Å². The number of aldehydes is 1. The van der Waals surface area contributed by atoms with E-state index < -0.39 is 12.0 Å². The van der Waals surface area contributed by atoms with Gasteiger partial charge in [0.2, 0.25) is 5.91 Å². The van der Waals surface area contributed by atoms with Crippen LogP contribution in [0.1, 0.15) is 23.7 Å². The molecule has 1 amide bonds. The maximum absolute atomic E-state index is 12.5. The summed E-state index contributed by atoms with van der Waals surface area (Å²) >= 11 is 5.04. The number of anilines is 2. The van der Waals surface area contributed by atoms with E-state index in [-0.39, 0.29) is 83.1 Å². The van der Waals surface area contributed by atoms with Crippen molar-refractivity contribution in [2.24, 2.45) is 0 Å². The number of hydrogen-bond acceptors (Lipinski definition) is 9. The SMILES string of the molecule is CC(C(=O)[O-])N(CCC(=O)Nc1cccc(-n2nnnc2[S-])c1)c1ccc(C=O)cc1.[Na+].[Na+]. The second kappa shape index (κ2) is 13.8. The number of rotatable bonds is 9. The quantitative estimate of drug-likeness (QED) is 0.179. The van der Waals surface area contributed by atoms with Crippen molar-refractivity contribution >= 4 is 42.2 Å². The first-order valence-electron chi connectivity index (χ1n) is 9.27. The molecule has 0 fully saturated rings. The van der Waals surface area contributed by atoms with Crippen molar-refractivity contribution in [2.75, 3.05) is 16.8 Å². The van der Waals surface area contributed by atoms with Crippen LogP contribution in [0.15, 0.2) is 53.7 Å². The molecule has 160 valence electrons. The molecule has 13 heteroatoms. The molecule has 3 rings (SSSR count). The van der Waals surface area contributed by atoms with Crippen LogP contribution in [0.25, 0.3) is 5.69 Å². The van der Waals surface area contributed by atoms with Gasteiger partial charge in [0.25, 0.3) is 0 Å². The number of carbonyl (C=O) groups is 3. The average Bonchev–Trinajstić information content (AvgIpc) is 3.20. The summed E-state index contributed by atoms with van der Waals surface area (Å²) in [5.74, 6) is -1.58. The standard InChI is InChI=1S/C20H20N6O4S.2Na/c1-13(19(29)30)25(16-7-5-14(12-27)6-8-16)10-9-18(28)21-15-3-2-4-17(11-15)26-20(31)22-23-24-26;;/h2-8,11-13H,9-10H2,1H3,(H,21,28)(H,29,30)(H,22,24,31);;/q;2*+1/p-2. The van der Waals surface area contributed by atoms with Gasteiger partial charge in [0.05, 0.1) is 17.7 Å². The minimum atomic E-state index is -1.27. The minimum absolute atomic E-state index is 0. The zero-order valence-corrected chi connectivity index (χ0v) is 23.3. The van der Waals surface area contributed by atoms with Crippen molar-refractivity contribution in [3.63, 3.8) is 0 Å². The van der Waals surface area contributed by atoms with Gasteiger partial charge in [-0.1, -0.05) is 6.07 Å². The molecule has 0 saturated carbocycles. The number of benzene rings is 2. The van der Waals surface area contributed by atoms with Gasteiger partial charge in [-0.05, 0) is 59.8 Å². The number of aliphatic carboxylic acids is 1. The molecule has 0 spiro atoms. The van der Waals surface area contributed by atoms with Crippen LogP contribution in [0.3, 0.4) is 0 Å². The van der Waals surface area contributed by atoms with Crippen LogP contribution in [0.2, 0.25) is 0 Å². The zero-order chi connectivity index (χ0) is 22.4. The molecule has 0 saturated heterocycles. The van der Waals surface area contributed by atoms with Crippen molar-refractivity contribution in [3.8, 4) is 5.69 Å². The number of carbonyl (C=O) groups excluding carboxylic acids is 3. The number of tetrazole rings is 1. The topological polar surface area (TPSA) is 133 Å². The van der Waals surface area contributed by atoms with E-state index >= 15 is 0 Å². The summed E-state index contributed by atoms with van der Waals surface area (Å²) in [5.41, 5.74) is 2.14. The molecular weight excluding hydrogens is 466 g/mol. The van der Waals surface area contributed by atoms with Gasteiger partial charge in [-0.3, -0.25) is 9.59 Å². The Bertz CT molecular complexity index is 1100. The number of nitrogens with zero attached hydrogens (tertiary/aromatic N) is 5. The first kappa shape index (κ1) is 29.2. The van der Waals surface area contributed by atoms with Gasteiger partial charge in [0.1, 0.15) is 6.29 Å². The number of hydrogen-bond donors (Lipinski definition) is 1. The molecular formula is C20H18N6Na2O4S. The summed E-state index contributed by atoms with van der Waals surface area (Å²) in [5, 5.41) is 25.3. The number of amides is 1. The average molecular weight is 484 g/mol. The largest absolute Gasteiger partial charge is 1.00 e. The van der Waals surface area contributed by atoms with E-state index in [1.54, 1.807) is 48.5 Å². The van der Waals surface area contributed by atoms with E-state index in [4.69, 9.17) is 12.6 Å². The van der Waals surface area contributed by atoms with Crippen molar-refractivity contribution < 1.29 is 78.6 Å². The number of carboxylic acids is 1. The fourth-order valence-electron chi connectivity index (χ4n) is 2.92. The van der Waals surface area contributed by atoms with Crippen LogP contribution >= 0.6 is 0 Å². The first-order valence-corrected chi connectivity index (χ1v) is 9.68. The third-order valence-electron chi connectivity index (χ3n) is 4.56. The van der Waals surface area contributed by atoms with E-state index in [0.29, 0.717) is 28.9 Å². The number of aromatic nitrogens is 4. The Morgan fingerprint density at radius 3 is 2.48 bits per heavy atom. The first-order chi connectivity index (χ1) is 14.9. The predicted molar refractivity (Wildman–Crippen MR) is 112 cm³/mol. The Morgan fingerprint density at radius 1 is 1.21 bits per heavy atom. The molecule has 1 unspecified atom stereocenters. The summed E-state index contributed by atoms with van der Waals surface area (Å²) in [6.45, 7) is 1.60. The summed E-state index contributed by atoms with van der Waals surface area (Å²) in [7, 11) is 0. The van der Waals surface area contributed by atoms with Crippen LogP contribution in [0.4, 0.5) is 11.4 Å². The normalized spacial score (nSPS) is 10.8. The molecule has 2 aromatic carbocycles. The fourth-order valence-corrected chi connectivity index (χ4v) is 3.10. The number of nitrogens with one attached hydrogen (secondary N) is 1. The van der Waals surface area contributed by atoms with E-state index in [2.05, 4.69) is 20.8 Å². The van der Waals surface area contributed by atoms with Crippen LogP contribution in [0, 0.1) is 0 Å². The Balaban J connectivity index is 0.00000272. The monoisotopic (exact) mass is 484 g/mol. The predicted octanol–water partition coefficient (Wildman–Crippen LogP) is -5.64. The summed E-state index contributed by atoms with van der Waals surface area (Å²) in [6.07, 6.45) is 0.719. The van der Waals surface area contributed by atoms with Crippen LogP contribution < -0.4 is 74.4 Å². The van der Waals surface area contributed by atoms with Gasteiger partial charge in [0, 0.05) is 35.1 Å². The Kier molecular flexibility index (Phi) is 12.2. The van der Waals surface area contributed by atoms with Crippen molar-refractivity contribution in [2.45, 2.75) is 24.5 Å². The molecule has 10 nitrogen and oxygen atoms in total. The molecule has 0 bridgehead atoms. The van der Waals surface area contributed by atoms with Crippen LogP contribution in [-0.4, -0.2) is 51.0 Å². The third-order valence-corrected chi connectivity index (χ3v) is 4.82. The summed E-state index contributed by atoms with van der Waals surface area (Å²) in [4.78, 5) is 36.3. The van der Waals surface area contributed by atoms with Crippen molar-refractivity contribution in [1.29, 1.82) is 0 Å². The van der Waals surface area contributed by atoms with Gasteiger partial charge in [-0.25, -0.2) is 4.68 Å². The molecule has 0 aliphatic carbocycles. The van der Waals surface area contributed by atoms with Gasteiger partial charge < -0.3 is 32.7 Å². The molecule has 33 heavy (non-hydrogen) atoms. The van der Waals surface area contributed by atoms with Crippen molar-refractivity contribution in [1.82, 2.24) is 20.2 Å². The van der Waals surface area contributed by atoms with E-state index in [1.165, 1.54) is 16.5 Å². The smallest absolute Gasteiger partial charge is 0.738 e. The van der Waals surface area contributed by atoms with E-state index in [1.807, 2.05) is 0 Å². The van der Waals surface area contributed by atoms with Gasteiger partial charge >= 0.3 is 59.1 Å². The molecule has 0 aliphatic rings. The second-order valence-corrected chi connectivity index (χ2v) is 6.98. The number of carboxylic acid groups (broad SMARTS) is 1. The maximum atomic E-state index is 12.5. The fraction of sp³-hybridized carbons (Fsp3) is 0.200. The molecule has 1 heterocycles. The van der Waals surface area contributed by atoms with Gasteiger partial charge in [-0.15, -0.1) is 5.10 Å². The second-order valence-electron chi connectivity index (χ2n) is 6.62. The molecule has 1 N–H and O–H groups in total. The van der Waals surface area contributed by atoms with E-state index in [9.17, 15) is 19.5 Å². The molecule has 1 aromatic heterocycles. The van der Waals surface area contributed by atoms with Crippen LogP contribution in [0.5, 0.6) is 0 Å². The summed E-state index contributed by atoms with van der Waals surface area (Å²) < 4.78 is 1.36. The minimum Gasteiger partial charge on any atom is -0.738 e. The summed E-state index contributed by atoms with van der Waals surface area (Å²) in [6, 6.07) is 12.3. The van der Waals surface area contributed by atoms with Crippen molar-refractivity contribution in [3.05, 3.63) is 54.1 Å². The third kappa shape index (κ3) is 7.85. The zero-order valence-electron chi connectivity index (χ0n) is 18.5. The molecule has 3 aromatic rings. The molecule has 0 aliphatic heterocycles. The van der Waals surface area contributed by atoms with E-state index in [0.717, 1.165) is 0 Å². The Hall–Kier alpha value is -1.86. The van der Waals surface area contributed by atoms with Gasteiger partial charge in [-0.2, -0.15) is 0 Å². The maximum Gasteiger partial charge on any atom is 1.00 e. The molecule has 1 atom stereocenters. The Morgan fingerprint density at radius 2 is 1.91 bits per heavy atom. The molecule has 0 radical (unpaired) electrons. The van der Waals surface area contributed by atoms with Crippen LogP contribution in [-0.2, 0) is 22.2 Å². The van der Waals surface area contributed by atoms with Gasteiger partial charge in [0.15, 0.2) is 0 Å².